The molecule has 1 unspecified atom stereocenters. The summed E-state index contributed by atoms with van der Waals surface area (Å²) in [5, 5.41) is 9.47. The largest absolute Gasteiger partial charge is 0.391 e. The van der Waals surface area contributed by atoms with Gasteiger partial charge in [-0.25, -0.2) is 0 Å². The smallest absolute Gasteiger partial charge is 0.0696 e. The summed E-state index contributed by atoms with van der Waals surface area (Å²) < 4.78 is 0. The van der Waals surface area contributed by atoms with E-state index in [1.807, 2.05) is 25.1 Å². The quantitative estimate of drug-likeness (QED) is 0.731. The van der Waals surface area contributed by atoms with E-state index in [-0.39, 0.29) is 12.1 Å². The molecule has 0 bridgehead atoms. The second-order valence-corrected chi connectivity index (χ2v) is 4.36. The normalized spacial score (nSPS) is 15.1. The number of thioether (sulfide) groups is 1. The first-order valence-electron chi connectivity index (χ1n) is 4.85. The lowest BCUT2D eigenvalue weighted by Gasteiger charge is -2.16. The second-order valence-electron chi connectivity index (χ2n) is 3.26. The third-order valence-corrected chi connectivity index (χ3v) is 3.26. The highest BCUT2D eigenvalue weighted by molar-refractivity contribution is 7.99. The van der Waals surface area contributed by atoms with Crippen LogP contribution in [0.15, 0.2) is 35.2 Å². The minimum absolute atomic E-state index is 0.134. The van der Waals surface area contributed by atoms with Crippen molar-refractivity contribution in [3.05, 3.63) is 30.3 Å². The van der Waals surface area contributed by atoms with Gasteiger partial charge in [-0.15, -0.1) is 11.8 Å². The number of nitrogens with two attached hydrogens (primary N) is 1. The Bertz CT molecular complexity index is 253. The van der Waals surface area contributed by atoms with E-state index >= 15 is 0 Å². The van der Waals surface area contributed by atoms with Gasteiger partial charge in [0, 0.05) is 16.7 Å². The zero-order valence-corrected chi connectivity index (χ0v) is 9.20. The lowest BCUT2D eigenvalue weighted by atomic mass is 10.1. The Morgan fingerprint density at radius 3 is 2.57 bits per heavy atom. The van der Waals surface area contributed by atoms with Crippen molar-refractivity contribution >= 4 is 11.8 Å². The molecular weight excluding hydrogens is 194 g/mol. The van der Waals surface area contributed by atoms with Crippen molar-refractivity contribution in [2.75, 3.05) is 5.75 Å². The molecular formula is C11H17NOS. The van der Waals surface area contributed by atoms with Crippen LogP contribution in [0.4, 0.5) is 0 Å². The van der Waals surface area contributed by atoms with Crippen LogP contribution in [-0.2, 0) is 0 Å². The van der Waals surface area contributed by atoms with Crippen molar-refractivity contribution in [2.24, 2.45) is 5.73 Å². The van der Waals surface area contributed by atoms with E-state index in [4.69, 9.17) is 5.73 Å². The first-order valence-corrected chi connectivity index (χ1v) is 5.84. The topological polar surface area (TPSA) is 46.2 Å². The Morgan fingerprint density at radius 2 is 2.00 bits per heavy atom. The molecule has 2 nitrogen and oxygen atoms in total. The van der Waals surface area contributed by atoms with Crippen LogP contribution in [0.5, 0.6) is 0 Å². The van der Waals surface area contributed by atoms with Crippen molar-refractivity contribution in [3.63, 3.8) is 0 Å². The molecule has 0 saturated heterocycles. The molecule has 0 aliphatic heterocycles. The number of aliphatic hydroxyl groups excluding tert-OH is 1. The van der Waals surface area contributed by atoms with Gasteiger partial charge in [-0.05, 0) is 18.6 Å². The monoisotopic (exact) mass is 211 g/mol. The third-order valence-electron chi connectivity index (χ3n) is 2.10. The van der Waals surface area contributed by atoms with Crippen molar-refractivity contribution in [2.45, 2.75) is 30.4 Å². The molecule has 0 heterocycles. The Hall–Kier alpha value is -0.510. The molecule has 2 atom stereocenters. The second kappa shape index (κ2) is 6.06. The molecule has 14 heavy (non-hydrogen) atoms. The molecule has 1 rings (SSSR count). The molecule has 3 heteroatoms. The zero-order chi connectivity index (χ0) is 10.4. The van der Waals surface area contributed by atoms with Crippen LogP contribution >= 0.6 is 11.8 Å². The van der Waals surface area contributed by atoms with Crippen molar-refractivity contribution < 1.29 is 5.11 Å². The summed E-state index contributed by atoms with van der Waals surface area (Å²) in [6.45, 7) is 1.94. The van der Waals surface area contributed by atoms with Gasteiger partial charge in [0.05, 0.1) is 6.10 Å². The lowest BCUT2D eigenvalue weighted by molar-refractivity contribution is 0.148. The van der Waals surface area contributed by atoms with E-state index in [1.54, 1.807) is 11.8 Å². The standard InChI is InChI=1S/C11H17NOS/c1-2-11(13)10(12)8-14-9-6-4-3-5-7-9/h3-7,10-11,13H,2,8,12H2,1H3/t10-,11?/m0/s1. The first kappa shape index (κ1) is 11.6. The van der Waals surface area contributed by atoms with Gasteiger partial charge in [0.15, 0.2) is 0 Å². The average Bonchev–Trinajstić information content (AvgIpc) is 2.26. The van der Waals surface area contributed by atoms with Gasteiger partial charge in [-0.2, -0.15) is 0 Å². The summed E-state index contributed by atoms with van der Waals surface area (Å²) >= 11 is 1.69. The van der Waals surface area contributed by atoms with Gasteiger partial charge in [-0.1, -0.05) is 25.1 Å². The fourth-order valence-corrected chi connectivity index (χ4v) is 2.08. The molecule has 0 radical (unpaired) electrons. The van der Waals surface area contributed by atoms with Gasteiger partial charge >= 0.3 is 0 Å². The SMILES string of the molecule is CCC(O)[C@@H](N)CSc1ccccc1. The van der Waals surface area contributed by atoms with E-state index in [9.17, 15) is 5.11 Å². The molecule has 3 N–H and O–H groups in total. The summed E-state index contributed by atoms with van der Waals surface area (Å²) in [6.07, 6.45) is 0.336. The Labute approximate surface area is 89.5 Å². The molecule has 78 valence electrons. The molecule has 0 spiro atoms. The van der Waals surface area contributed by atoms with E-state index in [2.05, 4.69) is 12.1 Å². The van der Waals surface area contributed by atoms with Gasteiger partial charge in [-0.3, -0.25) is 0 Å². The lowest BCUT2D eigenvalue weighted by Crippen LogP contribution is -2.36. The number of hydrogen-bond acceptors (Lipinski definition) is 3. The van der Waals surface area contributed by atoms with Crippen LogP contribution in [0.1, 0.15) is 13.3 Å². The van der Waals surface area contributed by atoms with E-state index < -0.39 is 0 Å². The Balaban J connectivity index is 2.34. The maximum absolute atomic E-state index is 9.47. The molecule has 1 aromatic rings. The maximum Gasteiger partial charge on any atom is 0.0696 e. The number of aliphatic hydroxyl groups is 1. The molecule has 0 aliphatic rings. The number of hydrogen-bond donors (Lipinski definition) is 2. The van der Waals surface area contributed by atoms with Crippen molar-refractivity contribution in [1.82, 2.24) is 0 Å². The molecule has 0 amide bonds. The fraction of sp³-hybridized carbons (Fsp3) is 0.455. The highest BCUT2D eigenvalue weighted by Crippen LogP contribution is 2.18. The van der Waals surface area contributed by atoms with Crippen molar-refractivity contribution in [1.29, 1.82) is 0 Å². The average molecular weight is 211 g/mol. The van der Waals surface area contributed by atoms with Crippen LogP contribution < -0.4 is 5.73 Å². The summed E-state index contributed by atoms with van der Waals surface area (Å²) in [7, 11) is 0. The van der Waals surface area contributed by atoms with Crippen molar-refractivity contribution in [3.8, 4) is 0 Å². The molecule has 0 aliphatic carbocycles. The predicted molar refractivity (Wildman–Crippen MR) is 61.4 cm³/mol. The van der Waals surface area contributed by atoms with Gasteiger partial charge < -0.3 is 10.8 Å². The summed E-state index contributed by atoms with van der Waals surface area (Å²) in [4.78, 5) is 1.20. The van der Waals surface area contributed by atoms with Crippen LogP contribution in [0.25, 0.3) is 0 Å². The maximum atomic E-state index is 9.47. The zero-order valence-electron chi connectivity index (χ0n) is 8.39. The minimum atomic E-state index is -0.383. The molecule has 0 aromatic heterocycles. The number of rotatable bonds is 5. The highest BCUT2D eigenvalue weighted by atomic mass is 32.2. The fourth-order valence-electron chi connectivity index (χ4n) is 1.12. The Kier molecular flexibility index (Phi) is 5.01. The predicted octanol–water partition coefficient (Wildman–Crippen LogP) is 1.88. The van der Waals surface area contributed by atoms with Gasteiger partial charge in [0.1, 0.15) is 0 Å². The van der Waals surface area contributed by atoms with Crippen LogP contribution in [0.3, 0.4) is 0 Å². The number of benzene rings is 1. The van der Waals surface area contributed by atoms with E-state index in [1.165, 1.54) is 4.90 Å². The molecule has 0 saturated carbocycles. The van der Waals surface area contributed by atoms with Crippen LogP contribution in [0.2, 0.25) is 0 Å². The van der Waals surface area contributed by atoms with Crippen LogP contribution in [-0.4, -0.2) is 23.0 Å². The van der Waals surface area contributed by atoms with Crippen LogP contribution in [0, 0.1) is 0 Å². The van der Waals surface area contributed by atoms with Gasteiger partial charge in [0.25, 0.3) is 0 Å². The van der Waals surface area contributed by atoms with E-state index in [0.29, 0.717) is 0 Å². The summed E-state index contributed by atoms with van der Waals surface area (Å²) in [5.41, 5.74) is 5.80. The van der Waals surface area contributed by atoms with Gasteiger partial charge in [0.2, 0.25) is 0 Å². The highest BCUT2D eigenvalue weighted by Gasteiger charge is 2.12. The first-order chi connectivity index (χ1) is 6.74. The molecule has 1 aromatic carbocycles. The Morgan fingerprint density at radius 1 is 1.36 bits per heavy atom. The van der Waals surface area contributed by atoms with E-state index in [0.717, 1.165) is 12.2 Å². The summed E-state index contributed by atoms with van der Waals surface area (Å²) in [6, 6.07) is 9.97. The minimum Gasteiger partial charge on any atom is -0.391 e. The molecule has 0 fully saturated rings. The summed E-state index contributed by atoms with van der Waals surface area (Å²) in [5.74, 6) is 0.763. The third kappa shape index (κ3) is 3.70.